The van der Waals surface area contributed by atoms with Crippen LogP contribution < -0.4 is 0 Å². The number of hydrogen-bond donors (Lipinski definition) is 0. The number of rotatable bonds is 1. The molecule has 0 unspecified atom stereocenters. The number of aromatic nitrogens is 2. The van der Waals surface area contributed by atoms with Crippen LogP contribution in [-0.4, -0.2) is 26.5 Å². The molecule has 0 radical (unpaired) electrons. The summed E-state index contributed by atoms with van der Waals surface area (Å²) in [7, 11) is 0. The molecule has 116 valence electrons. The summed E-state index contributed by atoms with van der Waals surface area (Å²) in [6.07, 6.45) is 4.47. The molecule has 0 N–H and O–H groups in total. The summed E-state index contributed by atoms with van der Waals surface area (Å²) in [5.74, 6) is 0.0544. The van der Waals surface area contributed by atoms with Crippen molar-refractivity contribution < 1.29 is 4.79 Å². The quantitative estimate of drug-likeness (QED) is 0.655. The number of nitrogens with zero attached hydrogens (tertiary/aromatic N) is 3. The molecule has 23 heavy (non-hydrogen) atoms. The van der Waals surface area contributed by atoms with Crippen molar-refractivity contribution in [3.63, 3.8) is 0 Å². The molecule has 1 atom stereocenters. The van der Waals surface area contributed by atoms with Gasteiger partial charge >= 0.3 is 0 Å². The van der Waals surface area contributed by atoms with Gasteiger partial charge in [0.25, 0.3) is 5.91 Å². The van der Waals surface area contributed by atoms with E-state index in [1.165, 1.54) is 11.1 Å². The maximum absolute atomic E-state index is 13.1. The number of amides is 1. The van der Waals surface area contributed by atoms with Crippen molar-refractivity contribution in [2.75, 3.05) is 0 Å². The zero-order valence-corrected chi connectivity index (χ0v) is 14.3. The Labute approximate surface area is 142 Å². The number of benzene rings is 1. The molecule has 3 heterocycles. The lowest BCUT2D eigenvalue weighted by molar-refractivity contribution is 0.0660. The standard InChI is InChI=1S/C18H16BrN3O/c1-12-8-13-4-2-3-5-14(13)10-21(12)18(23)16-9-15(19)11-22-17(16)6-7-20-22/h2-7,9,11-12H,8,10H2,1H3/t12-/m0/s1. The Morgan fingerprint density at radius 2 is 2.04 bits per heavy atom. The van der Waals surface area contributed by atoms with E-state index in [9.17, 15) is 4.79 Å². The Balaban J connectivity index is 1.75. The summed E-state index contributed by atoms with van der Waals surface area (Å²) in [6, 6.07) is 12.3. The van der Waals surface area contributed by atoms with Crippen LogP contribution in [0.25, 0.3) is 5.52 Å². The minimum atomic E-state index is 0.0544. The maximum atomic E-state index is 13.1. The van der Waals surface area contributed by atoms with Crippen molar-refractivity contribution in [2.24, 2.45) is 0 Å². The Hall–Kier alpha value is -2.14. The molecule has 0 bridgehead atoms. The molecule has 1 aromatic carbocycles. The van der Waals surface area contributed by atoms with Gasteiger partial charge in [0.2, 0.25) is 0 Å². The second-order valence-corrected chi connectivity index (χ2v) is 6.90. The predicted molar refractivity (Wildman–Crippen MR) is 92.4 cm³/mol. The molecular weight excluding hydrogens is 354 g/mol. The smallest absolute Gasteiger partial charge is 0.256 e. The molecule has 1 aliphatic heterocycles. The molecule has 0 fully saturated rings. The zero-order valence-electron chi connectivity index (χ0n) is 12.7. The minimum absolute atomic E-state index is 0.0544. The molecule has 1 aliphatic rings. The average molecular weight is 370 g/mol. The highest BCUT2D eigenvalue weighted by Crippen LogP contribution is 2.26. The minimum Gasteiger partial charge on any atom is -0.331 e. The first-order chi connectivity index (χ1) is 11.1. The van der Waals surface area contributed by atoms with Crippen molar-refractivity contribution in [1.82, 2.24) is 14.5 Å². The molecule has 0 spiro atoms. The van der Waals surface area contributed by atoms with E-state index in [0.717, 1.165) is 16.4 Å². The number of carbonyl (C=O) groups excluding carboxylic acids is 1. The van der Waals surface area contributed by atoms with Gasteiger partial charge in [0, 0.05) is 23.3 Å². The Morgan fingerprint density at radius 1 is 1.26 bits per heavy atom. The fraction of sp³-hybridized carbons (Fsp3) is 0.222. The van der Waals surface area contributed by atoms with Crippen LogP contribution in [0.2, 0.25) is 0 Å². The second-order valence-electron chi connectivity index (χ2n) is 5.99. The third kappa shape index (κ3) is 2.45. The van der Waals surface area contributed by atoms with E-state index >= 15 is 0 Å². The van der Waals surface area contributed by atoms with Gasteiger partial charge in [0.1, 0.15) is 0 Å². The van der Waals surface area contributed by atoms with Crippen molar-refractivity contribution in [2.45, 2.75) is 25.9 Å². The summed E-state index contributed by atoms with van der Waals surface area (Å²) in [5.41, 5.74) is 4.10. The predicted octanol–water partition coefficient (Wildman–Crippen LogP) is 3.68. The molecule has 4 nitrogen and oxygen atoms in total. The number of hydrogen-bond acceptors (Lipinski definition) is 2. The summed E-state index contributed by atoms with van der Waals surface area (Å²) >= 11 is 3.47. The highest BCUT2D eigenvalue weighted by atomic mass is 79.9. The van der Waals surface area contributed by atoms with Crippen LogP contribution in [0.5, 0.6) is 0 Å². The number of pyridine rings is 1. The van der Waals surface area contributed by atoms with Gasteiger partial charge in [-0.1, -0.05) is 24.3 Å². The molecule has 2 aromatic heterocycles. The van der Waals surface area contributed by atoms with Gasteiger partial charge in [0.15, 0.2) is 0 Å². The van der Waals surface area contributed by atoms with E-state index in [2.05, 4.69) is 46.2 Å². The molecule has 4 rings (SSSR count). The van der Waals surface area contributed by atoms with Gasteiger partial charge in [0.05, 0.1) is 17.3 Å². The molecule has 1 amide bonds. The lowest BCUT2D eigenvalue weighted by atomic mass is 9.94. The van der Waals surface area contributed by atoms with E-state index in [1.54, 1.807) is 10.7 Å². The first-order valence-electron chi connectivity index (χ1n) is 7.64. The summed E-state index contributed by atoms with van der Waals surface area (Å²) in [4.78, 5) is 15.1. The topological polar surface area (TPSA) is 37.6 Å². The van der Waals surface area contributed by atoms with Gasteiger partial charge < -0.3 is 4.90 Å². The van der Waals surface area contributed by atoms with Gasteiger partial charge in [-0.05, 0) is 52.5 Å². The van der Waals surface area contributed by atoms with Crippen LogP contribution in [-0.2, 0) is 13.0 Å². The maximum Gasteiger partial charge on any atom is 0.256 e. The first kappa shape index (κ1) is 14.5. The Kier molecular flexibility index (Phi) is 3.45. The summed E-state index contributed by atoms with van der Waals surface area (Å²) < 4.78 is 2.59. The van der Waals surface area contributed by atoms with Gasteiger partial charge in [-0.3, -0.25) is 4.79 Å². The van der Waals surface area contributed by atoms with E-state index in [-0.39, 0.29) is 11.9 Å². The van der Waals surface area contributed by atoms with Gasteiger partial charge in [-0.15, -0.1) is 0 Å². The van der Waals surface area contributed by atoms with Crippen LogP contribution in [0.4, 0.5) is 0 Å². The van der Waals surface area contributed by atoms with Gasteiger partial charge in [-0.2, -0.15) is 5.10 Å². The monoisotopic (exact) mass is 369 g/mol. The van der Waals surface area contributed by atoms with E-state index in [1.807, 2.05) is 29.3 Å². The van der Waals surface area contributed by atoms with Crippen LogP contribution in [0, 0.1) is 0 Å². The first-order valence-corrected chi connectivity index (χ1v) is 8.43. The third-order valence-corrected chi connectivity index (χ3v) is 4.91. The number of fused-ring (bicyclic) bond motifs is 2. The van der Waals surface area contributed by atoms with Crippen LogP contribution in [0.15, 0.2) is 53.3 Å². The van der Waals surface area contributed by atoms with Crippen LogP contribution >= 0.6 is 15.9 Å². The molecule has 0 saturated carbocycles. The molecule has 5 heteroatoms. The van der Waals surface area contributed by atoms with Crippen molar-refractivity contribution in [3.05, 3.63) is 70.0 Å². The molecule has 3 aromatic rings. The summed E-state index contributed by atoms with van der Waals surface area (Å²) in [6.45, 7) is 2.77. The second kappa shape index (κ2) is 5.49. The van der Waals surface area contributed by atoms with E-state index in [0.29, 0.717) is 12.1 Å². The Morgan fingerprint density at radius 3 is 2.87 bits per heavy atom. The lowest BCUT2D eigenvalue weighted by Crippen LogP contribution is -2.42. The van der Waals surface area contributed by atoms with Crippen LogP contribution in [0.3, 0.4) is 0 Å². The number of halogens is 1. The molecule has 0 aliphatic carbocycles. The van der Waals surface area contributed by atoms with E-state index < -0.39 is 0 Å². The van der Waals surface area contributed by atoms with Gasteiger partial charge in [-0.25, -0.2) is 4.52 Å². The van der Waals surface area contributed by atoms with Crippen molar-refractivity contribution >= 4 is 27.4 Å². The lowest BCUT2D eigenvalue weighted by Gasteiger charge is -2.35. The number of carbonyl (C=O) groups is 1. The molecular formula is C18H16BrN3O. The van der Waals surface area contributed by atoms with E-state index in [4.69, 9.17) is 0 Å². The summed E-state index contributed by atoms with van der Waals surface area (Å²) in [5, 5.41) is 4.24. The fourth-order valence-corrected chi connectivity index (χ4v) is 3.70. The van der Waals surface area contributed by atoms with Crippen LogP contribution in [0.1, 0.15) is 28.4 Å². The Bertz CT molecular complexity index is 902. The fourth-order valence-electron chi connectivity index (χ4n) is 3.27. The molecule has 0 saturated heterocycles. The largest absolute Gasteiger partial charge is 0.331 e. The average Bonchev–Trinajstić information content (AvgIpc) is 3.01. The van der Waals surface area contributed by atoms with Crippen molar-refractivity contribution in [1.29, 1.82) is 0 Å². The van der Waals surface area contributed by atoms with Crippen molar-refractivity contribution in [3.8, 4) is 0 Å². The zero-order chi connectivity index (χ0) is 16.0. The highest BCUT2D eigenvalue weighted by Gasteiger charge is 2.28. The SMILES string of the molecule is C[C@H]1Cc2ccccc2CN1C(=O)c1cc(Br)cn2nccc12. The highest BCUT2D eigenvalue weighted by molar-refractivity contribution is 9.10. The normalized spacial score (nSPS) is 17.3. The third-order valence-electron chi connectivity index (χ3n) is 4.47.